The maximum absolute atomic E-state index is 3.42. The van der Waals surface area contributed by atoms with E-state index in [9.17, 15) is 0 Å². The first kappa shape index (κ1) is 7.84. The monoisotopic (exact) mass is 137 g/mol. The molecule has 0 amide bonds. The van der Waals surface area contributed by atoms with Gasteiger partial charge < -0.3 is 0 Å². The summed E-state index contributed by atoms with van der Waals surface area (Å²) in [6.07, 6.45) is 5.89. The maximum atomic E-state index is 3.42. The highest BCUT2D eigenvalue weighted by atomic mass is 14.3. The summed E-state index contributed by atoms with van der Waals surface area (Å²) in [6.45, 7) is 9.18. The third kappa shape index (κ3) is 1.12. The molecule has 1 radical (unpaired) electrons. The Bertz CT molecular complexity index is 151. The molecule has 0 spiro atoms. The highest BCUT2D eigenvalue weighted by molar-refractivity contribution is 5.10. The second kappa shape index (κ2) is 2.41. The molecule has 0 aromatic carbocycles. The van der Waals surface area contributed by atoms with Crippen LogP contribution < -0.4 is 0 Å². The number of hydrogen-bond donors (Lipinski definition) is 0. The topological polar surface area (TPSA) is 0 Å². The third-order valence-corrected chi connectivity index (χ3v) is 3.17. The van der Waals surface area contributed by atoms with Crippen LogP contribution in [-0.4, -0.2) is 0 Å². The minimum Gasteiger partial charge on any atom is -0.0639 e. The van der Waals surface area contributed by atoms with E-state index in [-0.39, 0.29) is 0 Å². The van der Waals surface area contributed by atoms with Crippen LogP contribution in [0.1, 0.15) is 40.5 Å². The Morgan fingerprint density at radius 1 is 1.50 bits per heavy atom. The van der Waals surface area contributed by atoms with E-state index < -0.39 is 0 Å². The van der Waals surface area contributed by atoms with Crippen molar-refractivity contribution in [2.75, 3.05) is 0 Å². The van der Waals surface area contributed by atoms with E-state index in [1.807, 2.05) is 0 Å². The minimum atomic E-state index is 0.401. The van der Waals surface area contributed by atoms with E-state index in [1.165, 1.54) is 12.0 Å². The first-order valence-electron chi connectivity index (χ1n) is 4.13. The average Bonchev–Trinajstić information content (AvgIpc) is 1.84. The van der Waals surface area contributed by atoms with E-state index in [0.717, 1.165) is 12.3 Å². The predicted molar refractivity (Wildman–Crippen MR) is 44.6 cm³/mol. The van der Waals surface area contributed by atoms with Crippen LogP contribution in [0.5, 0.6) is 0 Å². The van der Waals surface area contributed by atoms with Crippen molar-refractivity contribution in [1.29, 1.82) is 0 Å². The van der Waals surface area contributed by atoms with Crippen LogP contribution in [0, 0.1) is 17.4 Å². The fourth-order valence-corrected chi connectivity index (χ4v) is 1.43. The number of allylic oxidation sites excluding steroid dienone is 2. The first-order valence-corrected chi connectivity index (χ1v) is 4.13. The van der Waals surface area contributed by atoms with Gasteiger partial charge in [-0.05, 0) is 37.2 Å². The molecule has 1 atom stereocenters. The highest BCUT2D eigenvalue weighted by Gasteiger charge is 2.29. The van der Waals surface area contributed by atoms with Gasteiger partial charge in [-0.1, -0.05) is 26.3 Å². The van der Waals surface area contributed by atoms with E-state index >= 15 is 0 Å². The van der Waals surface area contributed by atoms with Crippen LogP contribution in [0.3, 0.4) is 0 Å². The molecular weight excluding hydrogens is 120 g/mol. The minimum absolute atomic E-state index is 0.401. The van der Waals surface area contributed by atoms with E-state index in [4.69, 9.17) is 0 Å². The summed E-state index contributed by atoms with van der Waals surface area (Å²) in [5.74, 6) is 0.828. The van der Waals surface area contributed by atoms with Gasteiger partial charge in [0, 0.05) is 0 Å². The van der Waals surface area contributed by atoms with Crippen molar-refractivity contribution in [3.63, 3.8) is 0 Å². The molecule has 1 unspecified atom stereocenters. The molecule has 0 aromatic rings. The molecule has 0 saturated carbocycles. The van der Waals surface area contributed by atoms with Gasteiger partial charge in [0.15, 0.2) is 0 Å². The lowest BCUT2D eigenvalue weighted by atomic mass is 9.69. The maximum Gasteiger partial charge on any atom is -0.0116 e. The van der Waals surface area contributed by atoms with Gasteiger partial charge in [0.2, 0.25) is 0 Å². The summed E-state index contributed by atoms with van der Waals surface area (Å²) < 4.78 is 0. The molecule has 1 aliphatic rings. The molecule has 1 rings (SSSR count). The van der Waals surface area contributed by atoms with Gasteiger partial charge in [-0.3, -0.25) is 0 Å². The Morgan fingerprint density at radius 2 is 2.10 bits per heavy atom. The van der Waals surface area contributed by atoms with Gasteiger partial charge in [0.1, 0.15) is 0 Å². The van der Waals surface area contributed by atoms with E-state index in [2.05, 4.69) is 33.8 Å². The van der Waals surface area contributed by atoms with Crippen LogP contribution in [-0.2, 0) is 0 Å². The predicted octanol–water partition coefficient (Wildman–Crippen LogP) is 3.19. The van der Waals surface area contributed by atoms with Crippen molar-refractivity contribution in [2.24, 2.45) is 11.3 Å². The van der Waals surface area contributed by atoms with E-state index in [0.29, 0.717) is 5.41 Å². The molecule has 1 aliphatic carbocycles. The molecule has 57 valence electrons. The molecule has 0 saturated heterocycles. The second-order valence-corrected chi connectivity index (χ2v) is 3.96. The Balaban J connectivity index is 2.84. The summed E-state index contributed by atoms with van der Waals surface area (Å²) in [6, 6.07) is 0. The van der Waals surface area contributed by atoms with Crippen LogP contribution >= 0.6 is 0 Å². The summed E-state index contributed by atoms with van der Waals surface area (Å²) in [5, 5.41) is 0. The molecule has 0 bridgehead atoms. The van der Waals surface area contributed by atoms with Gasteiger partial charge in [-0.25, -0.2) is 0 Å². The van der Waals surface area contributed by atoms with Crippen LogP contribution in [0.25, 0.3) is 0 Å². The van der Waals surface area contributed by atoms with Gasteiger partial charge in [0.05, 0.1) is 0 Å². The van der Waals surface area contributed by atoms with Crippen molar-refractivity contribution in [1.82, 2.24) is 0 Å². The summed E-state index contributed by atoms with van der Waals surface area (Å²) in [7, 11) is 0. The van der Waals surface area contributed by atoms with Crippen molar-refractivity contribution in [3.8, 4) is 0 Å². The standard InChI is InChI=1S/C10H17/c1-8-6-5-7-9(2)10(8,3)4/h8H,5-6H2,1-4H3. The zero-order chi connectivity index (χ0) is 7.78. The zero-order valence-corrected chi connectivity index (χ0v) is 7.49. The normalized spacial score (nSPS) is 31.6. The second-order valence-electron chi connectivity index (χ2n) is 3.96. The molecule has 0 N–H and O–H groups in total. The lowest BCUT2D eigenvalue weighted by Crippen LogP contribution is -2.25. The fraction of sp³-hybridized carbons (Fsp3) is 0.800. The number of rotatable bonds is 0. The van der Waals surface area contributed by atoms with Crippen molar-refractivity contribution >= 4 is 0 Å². The van der Waals surface area contributed by atoms with Gasteiger partial charge >= 0.3 is 0 Å². The largest absolute Gasteiger partial charge is 0.0639 e. The Morgan fingerprint density at radius 3 is 2.50 bits per heavy atom. The average molecular weight is 137 g/mol. The summed E-state index contributed by atoms with van der Waals surface area (Å²) >= 11 is 0. The molecule has 0 fully saturated rings. The quantitative estimate of drug-likeness (QED) is 0.481. The summed E-state index contributed by atoms with van der Waals surface area (Å²) in [5.41, 5.74) is 1.85. The van der Waals surface area contributed by atoms with Gasteiger partial charge in [0.25, 0.3) is 0 Å². The van der Waals surface area contributed by atoms with Crippen LogP contribution in [0.4, 0.5) is 0 Å². The SMILES string of the molecule is CC1=[C]CCC(C)C1(C)C. The zero-order valence-electron chi connectivity index (χ0n) is 7.49. The Kier molecular flexibility index (Phi) is 1.89. The lowest BCUT2D eigenvalue weighted by molar-refractivity contribution is 0.252. The van der Waals surface area contributed by atoms with E-state index in [1.54, 1.807) is 0 Å². The fourth-order valence-electron chi connectivity index (χ4n) is 1.43. The molecule has 0 aromatic heterocycles. The lowest BCUT2D eigenvalue weighted by Gasteiger charge is -2.36. The highest BCUT2D eigenvalue weighted by Crippen LogP contribution is 2.40. The van der Waals surface area contributed by atoms with Crippen molar-refractivity contribution < 1.29 is 0 Å². The molecular formula is C10H17. The molecule has 0 aliphatic heterocycles. The first-order chi connectivity index (χ1) is 4.55. The third-order valence-electron chi connectivity index (χ3n) is 3.17. The molecule has 0 heterocycles. The Labute approximate surface area is 64.3 Å². The molecule has 10 heavy (non-hydrogen) atoms. The van der Waals surface area contributed by atoms with Crippen molar-refractivity contribution in [2.45, 2.75) is 40.5 Å². The Hall–Kier alpha value is -0.260. The van der Waals surface area contributed by atoms with Crippen LogP contribution in [0.2, 0.25) is 0 Å². The smallest absolute Gasteiger partial charge is 0.0116 e. The number of hydrogen-bond acceptors (Lipinski definition) is 0. The van der Waals surface area contributed by atoms with Crippen LogP contribution in [0.15, 0.2) is 5.57 Å². The van der Waals surface area contributed by atoms with Gasteiger partial charge in [-0.2, -0.15) is 0 Å². The molecule has 0 heteroatoms. The molecule has 0 nitrogen and oxygen atoms in total. The van der Waals surface area contributed by atoms with Crippen molar-refractivity contribution in [3.05, 3.63) is 11.6 Å². The van der Waals surface area contributed by atoms with Gasteiger partial charge in [-0.15, -0.1) is 0 Å². The summed E-state index contributed by atoms with van der Waals surface area (Å²) in [4.78, 5) is 0.